The summed E-state index contributed by atoms with van der Waals surface area (Å²) in [4.78, 5) is 0. The first-order valence-corrected chi connectivity index (χ1v) is 17.4. The van der Waals surface area contributed by atoms with E-state index in [1.54, 1.807) is 0 Å². The molecular weight excluding hydrogens is 589 g/mol. The van der Waals surface area contributed by atoms with Gasteiger partial charge in [0.05, 0.1) is 0 Å². The summed E-state index contributed by atoms with van der Waals surface area (Å²) in [5.74, 6) is 0. The second-order valence-electron chi connectivity index (χ2n) is 14.4. The van der Waals surface area contributed by atoms with E-state index in [1.165, 1.54) is 109 Å². The number of rotatable bonds is 2. The fourth-order valence-electron chi connectivity index (χ4n) is 9.40. The molecule has 0 aromatic heterocycles. The lowest BCUT2D eigenvalue weighted by Gasteiger charge is -2.25. The topological polar surface area (TPSA) is 0 Å². The maximum Gasteiger partial charge on any atom is 0.0165 e. The molecule has 1 aliphatic rings. The number of benzene rings is 10. The molecule has 0 atom stereocenters. The molecular formula is C49H32. The van der Waals surface area contributed by atoms with Crippen molar-refractivity contribution in [2.24, 2.45) is 0 Å². The van der Waals surface area contributed by atoms with E-state index in [0.717, 1.165) is 0 Å². The van der Waals surface area contributed by atoms with Crippen molar-refractivity contribution in [1.29, 1.82) is 0 Å². The van der Waals surface area contributed by atoms with Gasteiger partial charge in [-0.25, -0.2) is 0 Å². The molecule has 0 saturated carbocycles. The Kier molecular flexibility index (Phi) is 5.27. The summed E-state index contributed by atoms with van der Waals surface area (Å²) in [6.45, 7) is 4.86. The van der Waals surface area contributed by atoms with Crippen LogP contribution in [0.5, 0.6) is 0 Å². The normalized spacial score (nSPS) is 13.7. The number of hydrogen-bond acceptors (Lipinski definition) is 0. The van der Waals surface area contributed by atoms with Gasteiger partial charge >= 0.3 is 0 Å². The highest BCUT2D eigenvalue weighted by Crippen LogP contribution is 2.57. The quantitative estimate of drug-likeness (QED) is 0.169. The van der Waals surface area contributed by atoms with E-state index in [-0.39, 0.29) is 5.41 Å². The average molecular weight is 621 g/mol. The summed E-state index contributed by atoms with van der Waals surface area (Å²) in [6.07, 6.45) is 0. The van der Waals surface area contributed by atoms with Gasteiger partial charge in [-0.15, -0.1) is 0 Å². The van der Waals surface area contributed by atoms with E-state index < -0.39 is 0 Å². The van der Waals surface area contributed by atoms with E-state index >= 15 is 0 Å². The fraction of sp³-hybridized carbons (Fsp3) is 0.0612. The summed E-state index contributed by atoms with van der Waals surface area (Å²) < 4.78 is 0. The van der Waals surface area contributed by atoms with Gasteiger partial charge in [-0.05, 0) is 121 Å². The zero-order chi connectivity index (χ0) is 32.4. The van der Waals surface area contributed by atoms with Crippen molar-refractivity contribution >= 4 is 64.6 Å². The first kappa shape index (κ1) is 27.0. The maximum atomic E-state index is 2.52. The molecule has 0 amide bonds. The van der Waals surface area contributed by atoms with Crippen molar-refractivity contribution in [2.45, 2.75) is 19.3 Å². The van der Waals surface area contributed by atoms with Gasteiger partial charge in [0.1, 0.15) is 0 Å². The molecule has 49 heavy (non-hydrogen) atoms. The molecule has 0 nitrogen and oxygen atoms in total. The van der Waals surface area contributed by atoms with Crippen molar-refractivity contribution < 1.29 is 0 Å². The van der Waals surface area contributed by atoms with Crippen LogP contribution in [-0.4, -0.2) is 0 Å². The van der Waals surface area contributed by atoms with Crippen molar-refractivity contribution in [3.05, 3.63) is 169 Å². The van der Waals surface area contributed by atoms with E-state index in [2.05, 4.69) is 172 Å². The van der Waals surface area contributed by atoms with Gasteiger partial charge in [-0.1, -0.05) is 159 Å². The standard InChI is InChI=1S/C49H32/c1-49(2)43-28-42(33-14-10-13-32(27-33)34-25-23-31-22-21-29-11-9-12-30-24-26-40(34)45(31)44(29)30)37-17-4-6-18-38(37)46(43)47-39-19-7-3-15-35(39)36-16-5-8-20-41(36)48(47)49/h3-28H,1-2H3. The molecule has 0 spiro atoms. The van der Waals surface area contributed by atoms with Crippen molar-refractivity contribution in [1.82, 2.24) is 0 Å². The summed E-state index contributed by atoms with van der Waals surface area (Å²) in [7, 11) is 0. The Morgan fingerprint density at radius 3 is 1.61 bits per heavy atom. The third-order valence-electron chi connectivity index (χ3n) is 11.5. The van der Waals surface area contributed by atoms with Gasteiger partial charge in [-0.2, -0.15) is 0 Å². The Morgan fingerprint density at radius 2 is 0.878 bits per heavy atom. The number of hydrogen-bond donors (Lipinski definition) is 0. The van der Waals surface area contributed by atoms with Crippen LogP contribution in [0, 0.1) is 0 Å². The van der Waals surface area contributed by atoms with Gasteiger partial charge in [0, 0.05) is 5.41 Å². The highest BCUT2D eigenvalue weighted by atomic mass is 14.4. The minimum absolute atomic E-state index is 0.170. The molecule has 228 valence electrons. The monoisotopic (exact) mass is 620 g/mol. The lowest BCUT2D eigenvalue weighted by atomic mass is 9.78. The summed E-state index contributed by atoms with van der Waals surface area (Å²) in [6, 6.07) is 59.2. The second-order valence-corrected chi connectivity index (χ2v) is 14.4. The molecule has 0 heteroatoms. The third kappa shape index (κ3) is 3.53. The molecule has 0 bridgehead atoms. The largest absolute Gasteiger partial charge is 0.0616 e. The Morgan fingerprint density at radius 1 is 0.347 bits per heavy atom. The molecule has 0 fully saturated rings. The van der Waals surface area contributed by atoms with Crippen LogP contribution in [0.3, 0.4) is 0 Å². The van der Waals surface area contributed by atoms with E-state index in [4.69, 9.17) is 0 Å². The van der Waals surface area contributed by atoms with E-state index in [0.29, 0.717) is 0 Å². The van der Waals surface area contributed by atoms with Gasteiger partial charge in [0.2, 0.25) is 0 Å². The zero-order valence-electron chi connectivity index (χ0n) is 27.5. The highest BCUT2D eigenvalue weighted by Gasteiger charge is 2.40. The first-order valence-electron chi connectivity index (χ1n) is 17.4. The lowest BCUT2D eigenvalue weighted by molar-refractivity contribution is 0.667. The fourth-order valence-corrected chi connectivity index (χ4v) is 9.40. The predicted octanol–water partition coefficient (Wildman–Crippen LogP) is 13.7. The number of fused-ring (bicyclic) bond motifs is 10. The van der Waals surface area contributed by atoms with Gasteiger partial charge in [0.25, 0.3) is 0 Å². The Bertz CT molecular complexity index is 2990. The molecule has 0 heterocycles. The van der Waals surface area contributed by atoms with Crippen LogP contribution in [0.2, 0.25) is 0 Å². The van der Waals surface area contributed by atoms with Crippen molar-refractivity contribution in [2.75, 3.05) is 0 Å². The molecule has 0 unspecified atom stereocenters. The molecule has 0 saturated heterocycles. The Labute approximate surface area is 285 Å². The lowest BCUT2D eigenvalue weighted by Crippen LogP contribution is -2.16. The zero-order valence-corrected chi connectivity index (χ0v) is 27.5. The molecule has 11 rings (SSSR count). The van der Waals surface area contributed by atoms with Crippen LogP contribution >= 0.6 is 0 Å². The molecule has 0 radical (unpaired) electrons. The maximum absolute atomic E-state index is 2.52. The van der Waals surface area contributed by atoms with Crippen LogP contribution in [-0.2, 0) is 5.41 Å². The molecule has 0 aliphatic heterocycles. The Hall–Kier alpha value is -5.98. The average Bonchev–Trinajstić information content (AvgIpc) is 3.40. The van der Waals surface area contributed by atoms with Crippen molar-refractivity contribution in [3.63, 3.8) is 0 Å². The first-order chi connectivity index (χ1) is 24.1. The Balaban J connectivity index is 1.18. The van der Waals surface area contributed by atoms with Crippen LogP contribution in [0.4, 0.5) is 0 Å². The van der Waals surface area contributed by atoms with Crippen LogP contribution < -0.4 is 0 Å². The van der Waals surface area contributed by atoms with Crippen molar-refractivity contribution in [3.8, 4) is 33.4 Å². The second kappa shape index (κ2) is 9.56. The molecule has 1 aliphatic carbocycles. The summed E-state index contributed by atoms with van der Waals surface area (Å²) >= 11 is 0. The molecule has 10 aromatic rings. The molecule has 0 N–H and O–H groups in total. The minimum Gasteiger partial charge on any atom is -0.0616 e. The third-order valence-corrected chi connectivity index (χ3v) is 11.5. The van der Waals surface area contributed by atoms with Crippen LogP contribution in [0.15, 0.2) is 158 Å². The van der Waals surface area contributed by atoms with E-state index in [9.17, 15) is 0 Å². The van der Waals surface area contributed by atoms with Gasteiger partial charge in [0.15, 0.2) is 0 Å². The van der Waals surface area contributed by atoms with Gasteiger partial charge < -0.3 is 0 Å². The molecule has 10 aromatic carbocycles. The van der Waals surface area contributed by atoms with Crippen LogP contribution in [0.1, 0.15) is 25.0 Å². The smallest absolute Gasteiger partial charge is 0.0165 e. The van der Waals surface area contributed by atoms with E-state index in [1.807, 2.05) is 0 Å². The minimum atomic E-state index is -0.170. The van der Waals surface area contributed by atoms with Gasteiger partial charge in [-0.3, -0.25) is 0 Å². The van der Waals surface area contributed by atoms with Crippen LogP contribution in [0.25, 0.3) is 98.0 Å². The highest BCUT2D eigenvalue weighted by molar-refractivity contribution is 6.26. The summed E-state index contributed by atoms with van der Waals surface area (Å²) in [5.41, 5.74) is 10.6. The summed E-state index contributed by atoms with van der Waals surface area (Å²) in [5, 5.41) is 15.9. The SMILES string of the molecule is CC1(C)c2cc(-c3cccc(-c4ccc5ccc6cccc7ccc4c5c67)c3)c3ccccc3c2-c2c1c1ccccc1c1ccccc21. The predicted molar refractivity (Wildman–Crippen MR) is 211 cm³/mol.